The Morgan fingerprint density at radius 1 is 1.23 bits per heavy atom. The quantitative estimate of drug-likeness (QED) is 0.598. The van der Waals surface area contributed by atoms with Crippen LogP contribution in [0.25, 0.3) is 10.9 Å². The van der Waals surface area contributed by atoms with Crippen LogP contribution in [0, 0.1) is 11.7 Å². The first-order valence-corrected chi connectivity index (χ1v) is 10.7. The van der Waals surface area contributed by atoms with Crippen molar-refractivity contribution in [2.24, 2.45) is 5.92 Å². The van der Waals surface area contributed by atoms with Crippen LogP contribution in [-0.4, -0.2) is 23.2 Å². The van der Waals surface area contributed by atoms with E-state index in [1.165, 1.54) is 12.1 Å². The third-order valence-corrected chi connectivity index (χ3v) is 6.21. The van der Waals surface area contributed by atoms with Crippen molar-refractivity contribution >= 4 is 22.6 Å². The van der Waals surface area contributed by atoms with Crippen LogP contribution in [0.2, 0.25) is 0 Å². The van der Waals surface area contributed by atoms with E-state index in [0.29, 0.717) is 25.2 Å². The standard InChI is InChI=1S/C25H27FN2O2/c1-16(18-7-5-17(6-8-18)13-19-3-2-4-24(19)29)25(30)27-12-11-20-15-28-23-10-9-21(26)14-22(20)23/h5-10,14-16,19,28H,2-4,11-13H2,1H3,(H,27,30)/t16-,19-/m1/s1. The first kappa shape index (κ1) is 20.3. The van der Waals surface area contributed by atoms with Crippen LogP contribution in [0.5, 0.6) is 0 Å². The summed E-state index contributed by atoms with van der Waals surface area (Å²) in [6.45, 7) is 2.39. The van der Waals surface area contributed by atoms with Crippen molar-refractivity contribution in [1.29, 1.82) is 0 Å². The van der Waals surface area contributed by atoms with Gasteiger partial charge in [0.2, 0.25) is 5.91 Å². The number of rotatable bonds is 7. The van der Waals surface area contributed by atoms with Gasteiger partial charge in [-0.3, -0.25) is 9.59 Å². The maximum Gasteiger partial charge on any atom is 0.227 e. The van der Waals surface area contributed by atoms with Crippen molar-refractivity contribution < 1.29 is 14.0 Å². The van der Waals surface area contributed by atoms with Gasteiger partial charge in [0.1, 0.15) is 11.6 Å². The first-order chi connectivity index (χ1) is 14.5. The number of benzene rings is 2. The number of fused-ring (bicyclic) bond motifs is 1. The number of H-pyrrole nitrogens is 1. The molecular weight excluding hydrogens is 379 g/mol. The summed E-state index contributed by atoms with van der Waals surface area (Å²) < 4.78 is 13.5. The second kappa shape index (κ2) is 8.82. The molecule has 0 aliphatic heterocycles. The molecule has 0 spiro atoms. The van der Waals surface area contributed by atoms with E-state index in [1.807, 2.05) is 37.4 Å². The Hall–Kier alpha value is -2.95. The van der Waals surface area contributed by atoms with Gasteiger partial charge in [-0.05, 0) is 67.5 Å². The molecular formula is C25H27FN2O2. The van der Waals surface area contributed by atoms with E-state index >= 15 is 0 Å². The Labute approximate surface area is 175 Å². The number of carbonyl (C=O) groups excluding carboxylic acids is 2. The van der Waals surface area contributed by atoms with Crippen LogP contribution in [0.3, 0.4) is 0 Å². The highest BCUT2D eigenvalue weighted by Gasteiger charge is 2.24. The number of carbonyl (C=O) groups is 2. The number of aromatic nitrogens is 1. The smallest absolute Gasteiger partial charge is 0.227 e. The summed E-state index contributed by atoms with van der Waals surface area (Å²) in [5.41, 5.74) is 4.00. The second-order valence-electron chi connectivity index (χ2n) is 8.27. The fourth-order valence-corrected chi connectivity index (χ4v) is 4.31. The minimum Gasteiger partial charge on any atom is -0.361 e. The molecule has 3 aromatic rings. The number of nitrogens with one attached hydrogen (secondary N) is 2. The van der Waals surface area contributed by atoms with Crippen molar-refractivity contribution in [1.82, 2.24) is 10.3 Å². The average molecular weight is 407 g/mol. The van der Waals surface area contributed by atoms with Crippen molar-refractivity contribution in [3.8, 4) is 0 Å². The van der Waals surface area contributed by atoms with Gasteiger partial charge < -0.3 is 10.3 Å². The maximum absolute atomic E-state index is 13.5. The molecule has 2 N–H and O–H groups in total. The van der Waals surface area contributed by atoms with Crippen LogP contribution < -0.4 is 5.32 Å². The molecule has 1 aliphatic carbocycles. The van der Waals surface area contributed by atoms with E-state index in [0.717, 1.165) is 46.9 Å². The normalized spacial score (nSPS) is 17.4. The third-order valence-electron chi connectivity index (χ3n) is 6.21. The van der Waals surface area contributed by atoms with Gasteiger partial charge in [0, 0.05) is 36.0 Å². The van der Waals surface area contributed by atoms with Gasteiger partial charge in [0.15, 0.2) is 0 Å². The van der Waals surface area contributed by atoms with E-state index in [-0.39, 0.29) is 23.6 Å². The summed E-state index contributed by atoms with van der Waals surface area (Å²) in [4.78, 5) is 27.6. The van der Waals surface area contributed by atoms with E-state index < -0.39 is 0 Å². The number of Topliss-reactive ketones (excluding diaryl/α,β-unsaturated/α-hetero) is 1. The molecule has 156 valence electrons. The lowest BCUT2D eigenvalue weighted by Gasteiger charge is -2.14. The van der Waals surface area contributed by atoms with Gasteiger partial charge in [-0.1, -0.05) is 24.3 Å². The summed E-state index contributed by atoms with van der Waals surface area (Å²) in [6.07, 6.45) is 6.01. The number of aromatic amines is 1. The molecule has 0 saturated heterocycles. The number of halogens is 1. The zero-order chi connectivity index (χ0) is 21.1. The Kier molecular flexibility index (Phi) is 5.98. The fourth-order valence-electron chi connectivity index (χ4n) is 4.31. The highest BCUT2D eigenvalue weighted by atomic mass is 19.1. The predicted molar refractivity (Wildman–Crippen MR) is 116 cm³/mol. The molecule has 2 aromatic carbocycles. The van der Waals surface area contributed by atoms with Gasteiger partial charge in [0.05, 0.1) is 5.92 Å². The molecule has 30 heavy (non-hydrogen) atoms. The number of ketones is 1. The largest absolute Gasteiger partial charge is 0.361 e. The van der Waals surface area contributed by atoms with Gasteiger partial charge in [0.25, 0.3) is 0 Å². The molecule has 1 aromatic heterocycles. The lowest BCUT2D eigenvalue weighted by molar-refractivity contribution is -0.122. The zero-order valence-corrected chi connectivity index (χ0v) is 17.2. The number of hydrogen-bond acceptors (Lipinski definition) is 2. The summed E-state index contributed by atoms with van der Waals surface area (Å²) in [5.74, 6) is -0.00612. The SMILES string of the molecule is C[C@@H](C(=O)NCCc1c[nH]c2ccc(F)cc12)c1ccc(C[C@H]2CCCC2=O)cc1. The molecule has 1 saturated carbocycles. The summed E-state index contributed by atoms with van der Waals surface area (Å²) in [6, 6.07) is 12.7. The molecule has 4 nitrogen and oxygen atoms in total. The highest BCUT2D eigenvalue weighted by molar-refractivity contribution is 5.85. The van der Waals surface area contributed by atoms with Crippen LogP contribution in [0.15, 0.2) is 48.7 Å². The third kappa shape index (κ3) is 4.45. The van der Waals surface area contributed by atoms with Gasteiger partial charge in [-0.2, -0.15) is 0 Å². The number of hydrogen-bond donors (Lipinski definition) is 2. The van der Waals surface area contributed by atoms with Gasteiger partial charge >= 0.3 is 0 Å². The average Bonchev–Trinajstić information content (AvgIpc) is 3.34. The lowest BCUT2D eigenvalue weighted by Crippen LogP contribution is -2.29. The van der Waals surface area contributed by atoms with Gasteiger partial charge in [-0.15, -0.1) is 0 Å². The molecule has 1 amide bonds. The molecule has 0 bridgehead atoms. The van der Waals surface area contributed by atoms with E-state index in [4.69, 9.17) is 0 Å². The van der Waals surface area contributed by atoms with Crippen molar-refractivity contribution in [3.63, 3.8) is 0 Å². The highest BCUT2D eigenvalue weighted by Crippen LogP contribution is 2.26. The van der Waals surface area contributed by atoms with E-state index in [9.17, 15) is 14.0 Å². The topological polar surface area (TPSA) is 62.0 Å². The minimum atomic E-state index is -0.262. The maximum atomic E-state index is 13.5. The lowest BCUT2D eigenvalue weighted by atomic mass is 9.94. The molecule has 5 heteroatoms. The van der Waals surface area contributed by atoms with Crippen molar-refractivity contribution in [2.75, 3.05) is 6.54 Å². The number of amides is 1. The molecule has 1 heterocycles. The van der Waals surface area contributed by atoms with Crippen LogP contribution in [-0.2, 0) is 22.4 Å². The van der Waals surface area contributed by atoms with Crippen molar-refractivity contribution in [2.45, 2.75) is 44.9 Å². The molecule has 4 rings (SSSR count). The molecule has 0 radical (unpaired) electrons. The fraction of sp³-hybridized carbons (Fsp3) is 0.360. The minimum absolute atomic E-state index is 0.0280. The van der Waals surface area contributed by atoms with E-state index in [1.54, 1.807) is 6.07 Å². The molecule has 0 unspecified atom stereocenters. The zero-order valence-electron chi connectivity index (χ0n) is 17.2. The van der Waals surface area contributed by atoms with Crippen LogP contribution >= 0.6 is 0 Å². The second-order valence-corrected chi connectivity index (χ2v) is 8.27. The van der Waals surface area contributed by atoms with Crippen molar-refractivity contribution in [3.05, 3.63) is 71.2 Å². The Bertz CT molecular complexity index is 1050. The van der Waals surface area contributed by atoms with Gasteiger partial charge in [-0.25, -0.2) is 4.39 Å². The molecule has 1 aliphatic rings. The predicted octanol–water partition coefficient (Wildman–Crippen LogP) is 4.68. The summed E-state index contributed by atoms with van der Waals surface area (Å²) in [7, 11) is 0. The first-order valence-electron chi connectivity index (χ1n) is 10.7. The van der Waals surface area contributed by atoms with Crippen LogP contribution in [0.4, 0.5) is 4.39 Å². The molecule has 1 fully saturated rings. The van der Waals surface area contributed by atoms with Crippen LogP contribution in [0.1, 0.15) is 48.8 Å². The van der Waals surface area contributed by atoms with E-state index in [2.05, 4.69) is 10.3 Å². The Morgan fingerprint density at radius 3 is 2.77 bits per heavy atom. The Balaban J connectivity index is 1.30. The summed E-state index contributed by atoms with van der Waals surface area (Å²) >= 11 is 0. The summed E-state index contributed by atoms with van der Waals surface area (Å²) in [5, 5.41) is 3.84. The monoisotopic (exact) mass is 406 g/mol. The molecule has 2 atom stereocenters. The Morgan fingerprint density at radius 2 is 2.03 bits per heavy atom.